The number of carbonyl (C=O) groups excluding carboxylic acids is 2. The molecule has 162 valence electrons. The number of carbonyl (C=O) groups is 2. The van der Waals surface area contributed by atoms with Gasteiger partial charge in [-0.05, 0) is 42.3 Å². The number of nitrogens with zero attached hydrogens (tertiary/aromatic N) is 2. The number of hydrogen-bond donors (Lipinski definition) is 0. The van der Waals surface area contributed by atoms with Gasteiger partial charge >= 0.3 is 0 Å². The van der Waals surface area contributed by atoms with E-state index in [1.54, 1.807) is 23.3 Å². The zero-order valence-electron chi connectivity index (χ0n) is 18.2. The van der Waals surface area contributed by atoms with Gasteiger partial charge in [-0.15, -0.1) is 11.3 Å². The molecular formula is C24H32N2O3S. The normalized spacial score (nSPS) is 15.7. The summed E-state index contributed by atoms with van der Waals surface area (Å²) in [5, 5.41) is 2.11. The molecule has 0 spiro atoms. The first-order valence-corrected chi connectivity index (χ1v) is 11.6. The van der Waals surface area contributed by atoms with Crippen molar-refractivity contribution in [2.75, 3.05) is 33.4 Å². The lowest BCUT2D eigenvalue weighted by atomic mass is 9.92. The number of aryl methyl sites for hydroxylation is 1. The molecule has 2 aromatic rings. The number of unbranched alkanes of at least 4 members (excludes halogenated alkanes) is 1. The van der Waals surface area contributed by atoms with E-state index >= 15 is 0 Å². The molecule has 30 heavy (non-hydrogen) atoms. The molecule has 1 aliphatic heterocycles. The average Bonchev–Trinajstić information content (AvgIpc) is 3.23. The molecule has 1 atom stereocenters. The Morgan fingerprint density at radius 2 is 2.00 bits per heavy atom. The predicted molar refractivity (Wildman–Crippen MR) is 121 cm³/mol. The van der Waals surface area contributed by atoms with E-state index in [9.17, 15) is 9.59 Å². The molecule has 0 unspecified atom stereocenters. The summed E-state index contributed by atoms with van der Waals surface area (Å²) in [6.07, 6.45) is 3.14. The third kappa shape index (κ3) is 5.29. The highest BCUT2D eigenvalue weighted by atomic mass is 32.1. The first kappa shape index (κ1) is 22.5. The maximum absolute atomic E-state index is 13.4. The van der Waals surface area contributed by atoms with Crippen LogP contribution < -0.4 is 0 Å². The zero-order valence-corrected chi connectivity index (χ0v) is 19.0. The van der Waals surface area contributed by atoms with Gasteiger partial charge in [0.25, 0.3) is 0 Å². The molecule has 0 fully saturated rings. The van der Waals surface area contributed by atoms with Gasteiger partial charge in [-0.25, -0.2) is 0 Å². The second-order valence-electron chi connectivity index (χ2n) is 7.86. The summed E-state index contributed by atoms with van der Waals surface area (Å²) in [6.45, 7) is 5.79. The monoisotopic (exact) mass is 428 g/mol. The van der Waals surface area contributed by atoms with Crippen molar-refractivity contribution in [3.63, 3.8) is 0 Å². The Kier molecular flexibility index (Phi) is 8.05. The number of fused-ring (bicyclic) bond motifs is 1. The second kappa shape index (κ2) is 10.7. The summed E-state index contributed by atoms with van der Waals surface area (Å²) in [5.74, 6) is 0.0285. The Morgan fingerprint density at radius 1 is 1.23 bits per heavy atom. The van der Waals surface area contributed by atoms with Crippen molar-refractivity contribution in [1.82, 2.24) is 9.80 Å². The van der Waals surface area contributed by atoms with Crippen LogP contribution in [0.2, 0.25) is 0 Å². The van der Waals surface area contributed by atoms with Crippen LogP contribution in [0.15, 0.2) is 35.7 Å². The van der Waals surface area contributed by atoms with Gasteiger partial charge in [-0.1, -0.05) is 43.2 Å². The number of ether oxygens (including phenoxy) is 1. The van der Waals surface area contributed by atoms with E-state index in [4.69, 9.17) is 4.74 Å². The smallest absolute Gasteiger partial charge is 0.242 e. The van der Waals surface area contributed by atoms with E-state index < -0.39 is 0 Å². The molecule has 0 radical (unpaired) electrons. The van der Waals surface area contributed by atoms with E-state index in [1.165, 1.54) is 16.0 Å². The van der Waals surface area contributed by atoms with Gasteiger partial charge in [0, 0.05) is 31.5 Å². The standard InChI is InChI=1S/C24H32N2O3S/c1-4-5-6-22(27)25(14-15-29-3)17-23(28)26-13-11-21-20(12-16-30-21)24(26)19-9-7-18(2)8-10-19/h7-10,12,16,24H,4-6,11,13-15,17H2,1-3H3/t24-/m1/s1. The molecule has 1 aromatic heterocycles. The Bertz CT molecular complexity index is 846. The van der Waals surface area contributed by atoms with Crippen molar-refractivity contribution in [3.05, 3.63) is 57.3 Å². The summed E-state index contributed by atoms with van der Waals surface area (Å²) < 4.78 is 5.17. The number of benzene rings is 1. The highest BCUT2D eigenvalue weighted by Gasteiger charge is 2.33. The fourth-order valence-corrected chi connectivity index (χ4v) is 4.83. The van der Waals surface area contributed by atoms with Crippen molar-refractivity contribution in [2.24, 2.45) is 0 Å². The van der Waals surface area contributed by atoms with Crippen molar-refractivity contribution in [3.8, 4) is 0 Å². The third-order valence-electron chi connectivity index (χ3n) is 5.67. The van der Waals surface area contributed by atoms with E-state index in [0.29, 0.717) is 26.1 Å². The summed E-state index contributed by atoms with van der Waals surface area (Å²) >= 11 is 1.76. The van der Waals surface area contributed by atoms with Crippen LogP contribution in [0.25, 0.3) is 0 Å². The minimum Gasteiger partial charge on any atom is -0.383 e. The van der Waals surface area contributed by atoms with Crippen LogP contribution in [0.3, 0.4) is 0 Å². The average molecular weight is 429 g/mol. The molecule has 5 nitrogen and oxygen atoms in total. The SMILES string of the molecule is CCCCC(=O)N(CCOC)CC(=O)N1CCc2sccc2[C@H]1c1ccc(C)cc1. The molecule has 1 aromatic carbocycles. The molecule has 0 N–H and O–H groups in total. The Morgan fingerprint density at radius 3 is 2.70 bits per heavy atom. The molecular weight excluding hydrogens is 396 g/mol. The molecule has 0 aliphatic carbocycles. The largest absolute Gasteiger partial charge is 0.383 e. The van der Waals surface area contributed by atoms with Gasteiger partial charge < -0.3 is 14.5 Å². The quantitative estimate of drug-likeness (QED) is 0.602. The molecule has 0 saturated carbocycles. The summed E-state index contributed by atoms with van der Waals surface area (Å²) in [7, 11) is 1.62. The van der Waals surface area contributed by atoms with E-state index in [2.05, 4.69) is 49.6 Å². The Labute approximate surface area is 183 Å². The molecule has 0 bridgehead atoms. The first-order chi connectivity index (χ1) is 14.5. The van der Waals surface area contributed by atoms with Gasteiger partial charge in [0.15, 0.2) is 0 Å². The zero-order chi connectivity index (χ0) is 21.5. The summed E-state index contributed by atoms with van der Waals surface area (Å²) in [4.78, 5) is 31.1. The lowest BCUT2D eigenvalue weighted by Gasteiger charge is -2.37. The molecule has 0 saturated heterocycles. The first-order valence-electron chi connectivity index (χ1n) is 10.7. The van der Waals surface area contributed by atoms with E-state index in [0.717, 1.165) is 24.8 Å². The van der Waals surface area contributed by atoms with Crippen LogP contribution in [0.1, 0.15) is 53.8 Å². The van der Waals surface area contributed by atoms with Crippen molar-refractivity contribution in [2.45, 2.75) is 45.6 Å². The van der Waals surface area contributed by atoms with Crippen LogP contribution in [-0.2, 0) is 20.7 Å². The number of thiophene rings is 1. The van der Waals surface area contributed by atoms with Crippen LogP contribution in [0.5, 0.6) is 0 Å². The third-order valence-corrected chi connectivity index (χ3v) is 6.66. The van der Waals surface area contributed by atoms with Crippen LogP contribution in [0.4, 0.5) is 0 Å². The number of hydrogen-bond acceptors (Lipinski definition) is 4. The van der Waals surface area contributed by atoms with Crippen molar-refractivity contribution >= 4 is 23.2 Å². The van der Waals surface area contributed by atoms with Gasteiger partial charge in [-0.3, -0.25) is 9.59 Å². The van der Waals surface area contributed by atoms with Gasteiger partial charge in [0.2, 0.25) is 11.8 Å². The lowest BCUT2D eigenvalue weighted by Crippen LogP contribution is -2.47. The maximum Gasteiger partial charge on any atom is 0.242 e. The fraction of sp³-hybridized carbons (Fsp3) is 0.500. The van der Waals surface area contributed by atoms with Crippen LogP contribution >= 0.6 is 11.3 Å². The maximum atomic E-state index is 13.4. The summed E-state index contributed by atoms with van der Waals surface area (Å²) in [6, 6.07) is 10.5. The summed E-state index contributed by atoms with van der Waals surface area (Å²) in [5.41, 5.74) is 3.53. The van der Waals surface area contributed by atoms with E-state index in [-0.39, 0.29) is 24.4 Å². The molecule has 2 heterocycles. The Hall–Kier alpha value is -2.18. The molecule has 3 rings (SSSR count). The van der Waals surface area contributed by atoms with Crippen LogP contribution in [-0.4, -0.2) is 55.0 Å². The Balaban J connectivity index is 1.82. The van der Waals surface area contributed by atoms with Gasteiger partial charge in [0.1, 0.15) is 0 Å². The number of rotatable bonds is 9. The highest BCUT2D eigenvalue weighted by Crippen LogP contribution is 2.37. The second-order valence-corrected chi connectivity index (χ2v) is 8.86. The molecule has 6 heteroatoms. The number of amides is 2. The van der Waals surface area contributed by atoms with Gasteiger partial charge in [-0.2, -0.15) is 0 Å². The molecule has 1 aliphatic rings. The topological polar surface area (TPSA) is 49.9 Å². The molecule has 2 amide bonds. The minimum atomic E-state index is -0.0943. The van der Waals surface area contributed by atoms with Crippen LogP contribution in [0, 0.1) is 6.92 Å². The lowest BCUT2D eigenvalue weighted by molar-refractivity contribution is -0.142. The predicted octanol–water partition coefficient (Wildman–Crippen LogP) is 4.20. The van der Waals surface area contributed by atoms with Crippen molar-refractivity contribution in [1.29, 1.82) is 0 Å². The highest BCUT2D eigenvalue weighted by molar-refractivity contribution is 7.10. The van der Waals surface area contributed by atoms with E-state index in [1.807, 2.05) is 4.90 Å². The fourth-order valence-electron chi connectivity index (χ4n) is 3.93. The minimum absolute atomic E-state index is 0.00150. The van der Waals surface area contributed by atoms with Crippen molar-refractivity contribution < 1.29 is 14.3 Å². The van der Waals surface area contributed by atoms with Gasteiger partial charge in [0.05, 0.1) is 19.2 Å². The number of methoxy groups -OCH3 is 1.